The second-order valence-electron chi connectivity index (χ2n) is 12.8. The fraction of sp³-hybridized carbons (Fsp3) is 0.361. The second kappa shape index (κ2) is 13.0. The van der Waals surface area contributed by atoms with Gasteiger partial charge in [0, 0.05) is 74.0 Å². The normalized spacial score (nSPS) is 19.4. The van der Waals surface area contributed by atoms with Crippen molar-refractivity contribution in [1.82, 2.24) is 28.9 Å². The van der Waals surface area contributed by atoms with E-state index in [1.165, 1.54) is 22.2 Å². The van der Waals surface area contributed by atoms with Gasteiger partial charge in [-0.1, -0.05) is 30.3 Å². The largest absolute Gasteiger partial charge is 0.481 e. The highest BCUT2D eigenvalue weighted by atomic mass is 32.1. The van der Waals surface area contributed by atoms with Gasteiger partial charge in [-0.05, 0) is 49.1 Å². The van der Waals surface area contributed by atoms with Crippen molar-refractivity contribution in [2.45, 2.75) is 37.3 Å². The summed E-state index contributed by atoms with van der Waals surface area (Å²) in [5.41, 5.74) is 1.24. The number of benzene rings is 1. The number of amides is 2. The number of rotatable bonds is 7. The topological polar surface area (TPSA) is 123 Å². The molecule has 0 unspecified atom stereocenters. The van der Waals surface area contributed by atoms with Crippen LogP contribution in [0.5, 0.6) is 5.88 Å². The molecule has 1 N–H and O–H groups in total. The predicted octanol–water partition coefficient (Wildman–Crippen LogP) is 4.17. The van der Waals surface area contributed by atoms with E-state index in [1.54, 1.807) is 36.2 Å². The van der Waals surface area contributed by atoms with Gasteiger partial charge in [-0.15, -0.1) is 11.3 Å². The van der Waals surface area contributed by atoms with Gasteiger partial charge in [-0.3, -0.25) is 19.0 Å². The minimum atomic E-state index is -1.12. The Morgan fingerprint density at radius 3 is 2.52 bits per heavy atom. The molecular formula is C36H38N6O5S. The average Bonchev–Trinajstić information content (AvgIpc) is 3.77. The lowest BCUT2D eigenvalue weighted by molar-refractivity contribution is -0.142. The second-order valence-corrected chi connectivity index (χ2v) is 13.9. The lowest BCUT2D eigenvalue weighted by Crippen LogP contribution is -2.53. The summed E-state index contributed by atoms with van der Waals surface area (Å²) in [7, 11) is 3.41. The minimum Gasteiger partial charge on any atom is -0.481 e. The zero-order valence-corrected chi connectivity index (χ0v) is 27.8. The summed E-state index contributed by atoms with van der Waals surface area (Å²) >= 11 is 1.43. The van der Waals surface area contributed by atoms with Gasteiger partial charge in [0.05, 0.1) is 29.5 Å². The van der Waals surface area contributed by atoms with E-state index in [1.807, 2.05) is 65.4 Å². The van der Waals surface area contributed by atoms with Crippen LogP contribution in [0.15, 0.2) is 84.2 Å². The summed E-state index contributed by atoms with van der Waals surface area (Å²) in [6.07, 6.45) is 6.29. The molecule has 48 heavy (non-hydrogen) atoms. The maximum atomic E-state index is 14.1. The van der Waals surface area contributed by atoms with Gasteiger partial charge in [0.15, 0.2) is 0 Å². The summed E-state index contributed by atoms with van der Waals surface area (Å²) in [5, 5.41) is 12.0. The zero-order valence-electron chi connectivity index (χ0n) is 27.0. The molecule has 2 aliphatic heterocycles. The lowest BCUT2D eigenvalue weighted by Gasteiger charge is -2.43. The SMILES string of the molecule is COc1ccc(-c2ccc(C(=O)N3CC[C@@H](C(=O)N4CCC(O)(Cn5cnc6c(ccn6C)c5=O)CC4)[C@H](c4ccccc4)C3)s2)cn1. The van der Waals surface area contributed by atoms with Gasteiger partial charge in [-0.25, -0.2) is 9.97 Å². The Bertz CT molecular complexity index is 1990. The van der Waals surface area contributed by atoms with Crippen LogP contribution in [-0.4, -0.2) is 84.7 Å². The van der Waals surface area contributed by atoms with Crippen LogP contribution in [0.1, 0.15) is 40.4 Å². The van der Waals surface area contributed by atoms with E-state index < -0.39 is 5.60 Å². The summed E-state index contributed by atoms with van der Waals surface area (Å²) < 4.78 is 8.43. The van der Waals surface area contributed by atoms with Gasteiger partial charge in [-0.2, -0.15) is 0 Å². The van der Waals surface area contributed by atoms with Gasteiger partial charge in [0.2, 0.25) is 11.8 Å². The van der Waals surface area contributed by atoms with Crippen LogP contribution < -0.4 is 10.3 Å². The minimum absolute atomic E-state index is 0.0407. The highest BCUT2D eigenvalue weighted by molar-refractivity contribution is 7.17. The molecule has 7 rings (SSSR count). The third-order valence-corrected chi connectivity index (χ3v) is 10.9. The first-order chi connectivity index (χ1) is 23.2. The molecule has 6 heterocycles. The van der Waals surface area contributed by atoms with E-state index in [4.69, 9.17) is 4.74 Å². The van der Waals surface area contributed by atoms with Gasteiger partial charge in [0.1, 0.15) is 12.0 Å². The molecule has 12 heteroatoms. The number of likely N-dealkylation sites (tertiary alicyclic amines) is 2. The molecule has 2 fully saturated rings. The van der Waals surface area contributed by atoms with Crippen LogP contribution in [0.2, 0.25) is 0 Å². The third kappa shape index (κ3) is 6.13. The summed E-state index contributed by atoms with van der Waals surface area (Å²) in [6.45, 7) is 1.82. The summed E-state index contributed by atoms with van der Waals surface area (Å²) in [5.74, 6) is 0.0875. The first kappa shape index (κ1) is 31.8. The average molecular weight is 667 g/mol. The van der Waals surface area contributed by atoms with Crippen molar-refractivity contribution in [3.8, 4) is 16.3 Å². The summed E-state index contributed by atoms with van der Waals surface area (Å²) in [6, 6.07) is 19.2. The predicted molar refractivity (Wildman–Crippen MR) is 183 cm³/mol. The molecule has 1 aromatic carbocycles. The Morgan fingerprint density at radius 1 is 1.00 bits per heavy atom. The van der Waals surface area contributed by atoms with Crippen LogP contribution in [0.25, 0.3) is 21.5 Å². The van der Waals surface area contributed by atoms with Crippen molar-refractivity contribution in [2.24, 2.45) is 13.0 Å². The molecule has 0 radical (unpaired) electrons. The number of hydrogen-bond donors (Lipinski definition) is 1. The van der Waals surface area contributed by atoms with E-state index in [-0.39, 0.29) is 35.8 Å². The number of hydrogen-bond acceptors (Lipinski definition) is 8. The Hall–Kier alpha value is -4.81. The van der Waals surface area contributed by atoms with Crippen molar-refractivity contribution in [3.05, 3.63) is 100 Å². The number of nitrogens with zero attached hydrogens (tertiary/aromatic N) is 6. The number of piperidine rings is 2. The monoisotopic (exact) mass is 666 g/mol. The van der Waals surface area contributed by atoms with Crippen LogP contribution in [0, 0.1) is 5.92 Å². The number of fused-ring (bicyclic) bond motifs is 1. The van der Waals surface area contributed by atoms with Gasteiger partial charge >= 0.3 is 0 Å². The van der Waals surface area contributed by atoms with Crippen LogP contribution >= 0.6 is 11.3 Å². The Morgan fingerprint density at radius 2 is 1.79 bits per heavy atom. The number of aromatic nitrogens is 4. The summed E-state index contributed by atoms with van der Waals surface area (Å²) in [4.78, 5) is 55.0. The maximum absolute atomic E-state index is 14.1. The van der Waals surface area contributed by atoms with E-state index in [0.717, 1.165) is 16.0 Å². The molecule has 0 bridgehead atoms. The Labute approximate surface area is 282 Å². The number of pyridine rings is 1. The van der Waals surface area contributed by atoms with Crippen LogP contribution in [0.4, 0.5) is 0 Å². The molecule has 248 valence electrons. The lowest BCUT2D eigenvalue weighted by atomic mass is 9.79. The first-order valence-electron chi connectivity index (χ1n) is 16.2. The van der Waals surface area contributed by atoms with Crippen molar-refractivity contribution in [3.63, 3.8) is 0 Å². The zero-order chi connectivity index (χ0) is 33.4. The number of aryl methyl sites for hydroxylation is 1. The van der Waals surface area contributed by atoms with Crippen LogP contribution in [-0.2, 0) is 18.4 Å². The number of carbonyl (C=O) groups excluding carboxylic acids is 2. The number of carbonyl (C=O) groups is 2. The molecule has 0 aliphatic carbocycles. The molecule has 2 saturated heterocycles. The third-order valence-electron chi connectivity index (χ3n) is 9.81. The number of thiophene rings is 1. The van der Waals surface area contributed by atoms with Gasteiger partial charge in [0.25, 0.3) is 11.5 Å². The smallest absolute Gasteiger partial charge is 0.263 e. The number of aliphatic hydroxyl groups is 1. The highest BCUT2D eigenvalue weighted by Gasteiger charge is 2.42. The first-order valence-corrected chi connectivity index (χ1v) is 17.0. The number of ether oxygens (including phenoxy) is 1. The number of methoxy groups -OCH3 is 1. The fourth-order valence-corrected chi connectivity index (χ4v) is 7.99. The molecule has 4 aromatic heterocycles. The standard InChI is InChI=1S/C36H38N6O5S/c1-39-16-12-27-32(39)38-23-42(34(27)44)22-36(46)14-18-40(19-15-36)33(43)26-13-17-41(21-28(26)24-6-4-3-5-7-24)35(45)30-10-9-29(48-30)25-8-11-31(47-2)37-20-25/h3-12,16,20,23,26,28,46H,13-15,17-19,21-22H2,1-2H3/t26-,28+/m1/s1. The molecule has 11 nitrogen and oxygen atoms in total. The maximum Gasteiger partial charge on any atom is 0.263 e. The van der Waals surface area contributed by atoms with Crippen molar-refractivity contribution in [1.29, 1.82) is 0 Å². The van der Waals surface area contributed by atoms with Crippen molar-refractivity contribution in [2.75, 3.05) is 33.3 Å². The molecule has 2 aliphatic rings. The van der Waals surface area contributed by atoms with Gasteiger partial charge < -0.3 is 24.2 Å². The Kier molecular flexibility index (Phi) is 8.61. The molecular weight excluding hydrogens is 629 g/mol. The fourth-order valence-electron chi connectivity index (χ4n) is 7.03. The quantitative estimate of drug-likeness (QED) is 0.277. The molecule has 2 atom stereocenters. The highest BCUT2D eigenvalue weighted by Crippen LogP contribution is 2.37. The molecule has 5 aromatic rings. The molecule has 0 spiro atoms. The van der Waals surface area contributed by atoms with E-state index in [9.17, 15) is 19.5 Å². The van der Waals surface area contributed by atoms with Crippen LogP contribution in [0.3, 0.4) is 0 Å². The molecule has 0 saturated carbocycles. The van der Waals surface area contributed by atoms with E-state index in [2.05, 4.69) is 9.97 Å². The van der Waals surface area contributed by atoms with Crippen molar-refractivity contribution >= 4 is 34.2 Å². The van der Waals surface area contributed by atoms with E-state index >= 15 is 0 Å². The van der Waals surface area contributed by atoms with E-state index in [0.29, 0.717) is 67.2 Å². The van der Waals surface area contributed by atoms with Crippen molar-refractivity contribution < 1.29 is 19.4 Å². The Balaban J connectivity index is 1.03. The molecule has 2 amide bonds.